The summed E-state index contributed by atoms with van der Waals surface area (Å²) >= 11 is 0. The highest BCUT2D eigenvalue weighted by Gasteiger charge is 2.15. The molecular weight excluding hydrogens is 671 g/mol. The van der Waals surface area contributed by atoms with E-state index in [9.17, 15) is 8.22 Å². The minimum atomic E-state index is -0.780. The Balaban J connectivity index is 1.15. The molecule has 0 aliphatic rings. The molecule has 0 saturated carbocycles. The number of hydrogen-bond acceptors (Lipinski definition) is 4. The van der Waals surface area contributed by atoms with Crippen molar-refractivity contribution in [1.82, 2.24) is 15.0 Å². The van der Waals surface area contributed by atoms with Crippen LogP contribution in [0.15, 0.2) is 192 Å². The lowest BCUT2D eigenvalue weighted by atomic mass is 9.92. The van der Waals surface area contributed by atoms with Gasteiger partial charge in [0.2, 0.25) is 0 Å². The third kappa shape index (κ3) is 5.34. The zero-order valence-electron chi connectivity index (χ0n) is 43.5. The second-order valence-electron chi connectivity index (χ2n) is 12.8. The van der Waals surface area contributed by atoms with Crippen molar-refractivity contribution in [3.63, 3.8) is 0 Å². The summed E-state index contributed by atoms with van der Waals surface area (Å²) in [5, 5.41) is -0.215. The molecule has 0 fully saturated rings. The van der Waals surface area contributed by atoms with Gasteiger partial charge in [0.25, 0.3) is 0 Å². The van der Waals surface area contributed by atoms with Crippen molar-refractivity contribution in [1.29, 1.82) is 0 Å². The van der Waals surface area contributed by atoms with Gasteiger partial charge in [0.1, 0.15) is 11.2 Å². The van der Waals surface area contributed by atoms with Gasteiger partial charge in [-0.05, 0) is 84.9 Å². The summed E-state index contributed by atoms with van der Waals surface area (Å²) in [6.07, 6.45) is 0. The van der Waals surface area contributed by atoms with Crippen molar-refractivity contribution in [3.05, 3.63) is 188 Å². The fourth-order valence-corrected chi connectivity index (χ4v) is 6.91. The molecule has 0 aliphatic carbocycles. The van der Waals surface area contributed by atoms with Gasteiger partial charge >= 0.3 is 0 Å². The molecule has 0 amide bonds. The smallest absolute Gasteiger partial charge is 0.164 e. The Kier molecular flexibility index (Phi) is 4.49. The van der Waals surface area contributed by atoms with Crippen LogP contribution in [0.1, 0.15) is 20.6 Å². The van der Waals surface area contributed by atoms with Gasteiger partial charge in [-0.1, -0.05) is 157 Å². The van der Waals surface area contributed by atoms with Crippen LogP contribution in [0.25, 0.3) is 111 Å². The first kappa shape index (κ1) is 19.6. The molecule has 4 heteroatoms. The first-order valence-electron chi connectivity index (χ1n) is 24.8. The predicted octanol–water partition coefficient (Wildman–Crippen LogP) is 13.6. The van der Waals surface area contributed by atoms with E-state index >= 15 is 0 Å². The SMILES string of the molecule is [2H]c1c([2H])c(-c2nc(-c3ccccc3)nc(-c3ccc(-c4ccc5c(c4)oc4ccccc45)cc3)n2)c([2H])c(-c2c([2H])c([2H])c3c4c([2H])c([2H])c([2H])c([2H])c4c4c([2H])c([2H])c([2H])c([2H])c4c3c2[2H])c1[2H]. The first-order valence-corrected chi connectivity index (χ1v) is 17.3. The maximum absolute atomic E-state index is 9.74. The molecule has 11 rings (SSSR count). The Morgan fingerprint density at radius 2 is 0.855 bits per heavy atom. The fraction of sp³-hybridized carbons (Fsp3) is 0. The van der Waals surface area contributed by atoms with Crippen LogP contribution >= 0.6 is 0 Å². The van der Waals surface area contributed by atoms with Crippen LogP contribution < -0.4 is 0 Å². The van der Waals surface area contributed by atoms with Gasteiger partial charge in [-0.2, -0.15) is 0 Å². The molecule has 2 heterocycles. The molecular formula is C51H31N3O. The molecule has 2 aromatic heterocycles. The molecule has 4 nitrogen and oxygen atoms in total. The third-order valence-electron chi connectivity index (χ3n) is 9.56. The van der Waals surface area contributed by atoms with Crippen LogP contribution in [0, 0.1) is 0 Å². The van der Waals surface area contributed by atoms with E-state index in [2.05, 4.69) is 0 Å². The van der Waals surface area contributed by atoms with Gasteiger partial charge in [-0.15, -0.1) is 0 Å². The maximum atomic E-state index is 9.74. The van der Waals surface area contributed by atoms with E-state index in [1.807, 2.05) is 54.6 Å². The minimum absolute atomic E-state index is 0.128. The summed E-state index contributed by atoms with van der Waals surface area (Å²) in [6, 6.07) is 19.4. The average Bonchev–Trinajstić information content (AvgIpc) is 3.75. The van der Waals surface area contributed by atoms with Crippen LogP contribution in [0.5, 0.6) is 0 Å². The van der Waals surface area contributed by atoms with Gasteiger partial charge in [0, 0.05) is 27.5 Å². The molecule has 0 saturated heterocycles. The summed E-state index contributed by atoms with van der Waals surface area (Å²) < 4.78 is 142. The second kappa shape index (κ2) is 12.6. The van der Waals surface area contributed by atoms with Crippen LogP contribution in [-0.2, 0) is 0 Å². The Morgan fingerprint density at radius 3 is 1.58 bits per heavy atom. The van der Waals surface area contributed by atoms with Crippen molar-refractivity contribution in [3.8, 4) is 56.4 Å². The Bertz CT molecular complexity index is 4080. The zero-order valence-corrected chi connectivity index (χ0v) is 28.5. The van der Waals surface area contributed by atoms with E-state index in [1.54, 1.807) is 42.5 Å². The quantitative estimate of drug-likeness (QED) is 0.166. The number of hydrogen-bond donors (Lipinski definition) is 0. The first-order chi connectivity index (χ1) is 33.5. The van der Waals surface area contributed by atoms with Crippen molar-refractivity contribution in [2.75, 3.05) is 0 Å². The molecule has 0 spiro atoms. The topological polar surface area (TPSA) is 51.8 Å². The number of benzene rings is 9. The monoisotopic (exact) mass is 716 g/mol. The highest BCUT2D eigenvalue weighted by Crippen LogP contribution is 2.38. The molecule has 0 N–H and O–H groups in total. The van der Waals surface area contributed by atoms with Crippen molar-refractivity contribution in [2.24, 2.45) is 0 Å². The van der Waals surface area contributed by atoms with Gasteiger partial charge < -0.3 is 4.42 Å². The van der Waals surface area contributed by atoms with E-state index in [-0.39, 0.29) is 50.0 Å². The van der Waals surface area contributed by atoms with Crippen LogP contribution in [0.4, 0.5) is 0 Å². The Labute approximate surface area is 338 Å². The molecule has 0 radical (unpaired) electrons. The standard InChI is InChI=1S/C51H31N3O/c1-2-11-33(12-3-1)49-52-50(34-23-21-32(22-24-34)37-26-28-45-44-19-8-9-20-47(44)55-48(45)31-37)54-51(53-49)38-14-10-13-35(29-38)36-25-27-43-41-17-5-4-15-39(41)40-16-6-7-18-42(40)46(43)30-36/h1-31H/i4D,5D,6D,7D,10D,13D,14D,15D,16D,17D,18D,25D,27D,29D,30D. The molecule has 11 aromatic rings. The minimum Gasteiger partial charge on any atom is -0.456 e. The van der Waals surface area contributed by atoms with Gasteiger partial charge in [-0.25, -0.2) is 15.0 Å². The number of para-hydroxylation sites is 1. The summed E-state index contributed by atoms with van der Waals surface area (Å²) in [6.45, 7) is 0. The van der Waals surface area contributed by atoms with Crippen molar-refractivity contribution in [2.45, 2.75) is 0 Å². The van der Waals surface area contributed by atoms with Crippen molar-refractivity contribution < 1.29 is 25.0 Å². The summed E-state index contributed by atoms with van der Waals surface area (Å²) in [5.41, 5.74) is 2.85. The van der Waals surface area contributed by atoms with E-state index in [0.717, 1.165) is 33.1 Å². The number of nitrogens with zero attached hydrogens (tertiary/aromatic N) is 3. The maximum Gasteiger partial charge on any atom is 0.164 e. The van der Waals surface area contributed by atoms with E-state index < -0.39 is 107 Å². The lowest BCUT2D eigenvalue weighted by Gasteiger charge is -2.13. The molecule has 0 unspecified atom stereocenters. The van der Waals surface area contributed by atoms with E-state index in [0.29, 0.717) is 11.1 Å². The molecule has 0 aliphatic heterocycles. The van der Waals surface area contributed by atoms with E-state index in [1.165, 1.54) is 0 Å². The number of fused-ring (bicyclic) bond motifs is 9. The van der Waals surface area contributed by atoms with Gasteiger partial charge in [-0.3, -0.25) is 0 Å². The van der Waals surface area contributed by atoms with Crippen LogP contribution in [0.2, 0.25) is 0 Å². The van der Waals surface area contributed by atoms with E-state index in [4.69, 9.17) is 31.7 Å². The summed E-state index contributed by atoms with van der Waals surface area (Å²) in [5.74, 6) is 0.0171. The van der Waals surface area contributed by atoms with Crippen LogP contribution in [0.3, 0.4) is 0 Å². The number of aromatic nitrogens is 3. The zero-order chi connectivity index (χ0) is 49.3. The Hall–Kier alpha value is -7.43. The molecule has 9 aromatic carbocycles. The summed E-state index contributed by atoms with van der Waals surface area (Å²) in [4.78, 5) is 14.2. The van der Waals surface area contributed by atoms with Gasteiger partial charge in [0.15, 0.2) is 17.5 Å². The van der Waals surface area contributed by atoms with Crippen LogP contribution in [-0.4, -0.2) is 15.0 Å². The average molecular weight is 717 g/mol. The third-order valence-corrected chi connectivity index (χ3v) is 9.56. The summed E-state index contributed by atoms with van der Waals surface area (Å²) in [7, 11) is 0. The van der Waals surface area contributed by atoms with Gasteiger partial charge in [0.05, 0.1) is 20.6 Å². The van der Waals surface area contributed by atoms with Crippen molar-refractivity contribution >= 4 is 54.3 Å². The fourth-order valence-electron chi connectivity index (χ4n) is 6.91. The number of rotatable bonds is 5. The highest BCUT2D eigenvalue weighted by atomic mass is 16.3. The second-order valence-corrected chi connectivity index (χ2v) is 12.8. The Morgan fingerprint density at radius 1 is 0.327 bits per heavy atom. The molecule has 0 atom stereocenters. The molecule has 0 bridgehead atoms. The normalized spacial score (nSPS) is 15.5. The highest BCUT2D eigenvalue weighted by molar-refractivity contribution is 6.25. The molecule has 55 heavy (non-hydrogen) atoms. The number of furan rings is 1. The molecule has 256 valence electrons. The largest absolute Gasteiger partial charge is 0.456 e. The lowest BCUT2D eigenvalue weighted by molar-refractivity contribution is 0.669. The lowest BCUT2D eigenvalue weighted by Crippen LogP contribution is -2.00. The predicted molar refractivity (Wildman–Crippen MR) is 227 cm³/mol.